The number of benzene rings is 3. The number of amides is 1. The molecule has 2 aliphatic heterocycles. The van der Waals surface area contributed by atoms with Crippen molar-refractivity contribution >= 4 is 52.6 Å². The molecule has 0 unspecified atom stereocenters. The van der Waals surface area contributed by atoms with Gasteiger partial charge in [0.25, 0.3) is 5.91 Å². The summed E-state index contributed by atoms with van der Waals surface area (Å²) in [6.45, 7) is 7.18. The van der Waals surface area contributed by atoms with Crippen LogP contribution in [0.2, 0.25) is 10.2 Å². The topological polar surface area (TPSA) is 36.4 Å². The highest BCUT2D eigenvalue weighted by Gasteiger charge is 2.46. The highest BCUT2D eigenvalue weighted by molar-refractivity contribution is 7.99. The zero-order valence-electron chi connectivity index (χ0n) is 24.1. The Morgan fingerprint density at radius 1 is 0.977 bits per heavy atom. The van der Waals surface area contributed by atoms with Gasteiger partial charge in [0.15, 0.2) is 0 Å². The first-order chi connectivity index (χ1) is 20.7. The molecule has 220 valence electrons. The van der Waals surface area contributed by atoms with Crippen molar-refractivity contribution in [2.24, 2.45) is 0 Å². The normalized spacial score (nSPS) is 16.3. The van der Waals surface area contributed by atoms with Crippen molar-refractivity contribution in [3.8, 4) is 0 Å². The number of rotatable bonds is 6. The van der Waals surface area contributed by atoms with Gasteiger partial charge in [-0.2, -0.15) is 0 Å². The first kappa shape index (κ1) is 29.9. The summed E-state index contributed by atoms with van der Waals surface area (Å²) in [7, 11) is 0. The van der Waals surface area contributed by atoms with Gasteiger partial charge in [0.2, 0.25) is 0 Å². The van der Waals surface area contributed by atoms with Crippen LogP contribution in [0.3, 0.4) is 0 Å². The second-order valence-corrected chi connectivity index (χ2v) is 13.4. The monoisotopic (exact) mass is 631 g/mol. The highest BCUT2D eigenvalue weighted by atomic mass is 35.5. The number of piperidine rings is 1. The lowest BCUT2D eigenvalue weighted by Crippen LogP contribution is -2.46. The number of anilines is 1. The van der Waals surface area contributed by atoms with E-state index in [1.54, 1.807) is 36.0 Å². The number of fused-ring (bicyclic) bond motifs is 2. The molecule has 8 heteroatoms. The minimum absolute atomic E-state index is 0.0633. The molecular weight excluding hydrogens is 600 g/mol. The Morgan fingerprint density at radius 3 is 2.44 bits per heavy atom. The van der Waals surface area contributed by atoms with Crippen LogP contribution in [0.25, 0.3) is 6.08 Å². The van der Waals surface area contributed by atoms with Crippen molar-refractivity contribution in [1.82, 2.24) is 9.88 Å². The lowest BCUT2D eigenvalue weighted by Gasteiger charge is -2.39. The van der Waals surface area contributed by atoms with Crippen molar-refractivity contribution in [2.45, 2.75) is 41.9 Å². The number of pyridine rings is 1. The molecule has 43 heavy (non-hydrogen) atoms. The molecule has 0 bridgehead atoms. The molecule has 2 aliphatic rings. The molecule has 0 radical (unpaired) electrons. The van der Waals surface area contributed by atoms with Crippen LogP contribution >= 0.6 is 35.0 Å². The van der Waals surface area contributed by atoms with Crippen LogP contribution < -0.4 is 4.90 Å². The minimum Gasteiger partial charge on any atom is -0.307 e. The SMILES string of the molecule is Cc1cc(C(=O)N2CC3(CCN(C/C=C/c4ccc(C)c(Cl)c4)CC3)c3cc(Sc4ccc(F)cc4)ccc32)cc(Cl)n1. The molecule has 1 amide bonds. The van der Waals surface area contributed by atoms with E-state index >= 15 is 0 Å². The van der Waals surface area contributed by atoms with E-state index in [-0.39, 0.29) is 17.1 Å². The number of hydrogen-bond donors (Lipinski definition) is 0. The van der Waals surface area contributed by atoms with Gasteiger partial charge in [0, 0.05) is 50.3 Å². The van der Waals surface area contributed by atoms with Gasteiger partial charge in [0.1, 0.15) is 11.0 Å². The summed E-state index contributed by atoms with van der Waals surface area (Å²) in [5, 5.41) is 1.10. The Kier molecular flexibility index (Phi) is 8.65. The van der Waals surface area contributed by atoms with Crippen LogP contribution in [0.5, 0.6) is 0 Å². The van der Waals surface area contributed by atoms with Gasteiger partial charge in [-0.3, -0.25) is 9.69 Å². The Balaban J connectivity index is 1.24. The Morgan fingerprint density at radius 2 is 1.72 bits per heavy atom. The van der Waals surface area contributed by atoms with Crippen LogP contribution in [0.15, 0.2) is 88.7 Å². The van der Waals surface area contributed by atoms with E-state index in [1.165, 1.54) is 17.7 Å². The molecule has 0 atom stereocenters. The fraction of sp³-hybridized carbons (Fsp3) is 0.257. The highest BCUT2D eigenvalue weighted by Crippen LogP contribution is 2.49. The summed E-state index contributed by atoms with van der Waals surface area (Å²) < 4.78 is 13.5. The number of hydrogen-bond acceptors (Lipinski definition) is 4. The van der Waals surface area contributed by atoms with Gasteiger partial charge in [-0.15, -0.1) is 0 Å². The maximum Gasteiger partial charge on any atom is 0.258 e. The quantitative estimate of drug-likeness (QED) is 0.199. The number of aryl methyl sites for hydroxylation is 2. The van der Waals surface area contributed by atoms with Gasteiger partial charge in [0.05, 0.1) is 0 Å². The molecular formula is C35H32Cl2FN3OS. The molecule has 3 heterocycles. The van der Waals surface area contributed by atoms with E-state index < -0.39 is 0 Å². The second-order valence-electron chi connectivity index (χ2n) is 11.4. The molecule has 1 fully saturated rings. The maximum absolute atomic E-state index is 13.9. The van der Waals surface area contributed by atoms with Gasteiger partial charge >= 0.3 is 0 Å². The molecule has 0 saturated carbocycles. The van der Waals surface area contributed by atoms with E-state index in [1.807, 2.05) is 36.9 Å². The summed E-state index contributed by atoms with van der Waals surface area (Å²) in [6, 6.07) is 22.5. The Hall–Kier alpha value is -3.16. The molecule has 4 aromatic rings. The number of halogens is 3. The van der Waals surface area contributed by atoms with E-state index in [0.717, 1.165) is 64.1 Å². The van der Waals surface area contributed by atoms with Crippen LogP contribution in [-0.2, 0) is 5.41 Å². The summed E-state index contributed by atoms with van der Waals surface area (Å²) in [5.41, 5.74) is 5.43. The smallest absolute Gasteiger partial charge is 0.258 e. The molecule has 0 N–H and O–H groups in total. The minimum atomic E-state index is -0.248. The first-order valence-corrected chi connectivity index (χ1v) is 16.0. The predicted octanol–water partition coefficient (Wildman–Crippen LogP) is 9.00. The summed E-state index contributed by atoms with van der Waals surface area (Å²) in [5.74, 6) is -0.311. The summed E-state index contributed by atoms with van der Waals surface area (Å²) in [6.07, 6.45) is 6.20. The maximum atomic E-state index is 13.9. The molecule has 4 nitrogen and oxygen atoms in total. The van der Waals surface area contributed by atoms with E-state index in [2.05, 4.69) is 40.2 Å². The molecule has 3 aromatic carbocycles. The molecule has 1 saturated heterocycles. The zero-order chi connectivity index (χ0) is 30.1. The van der Waals surface area contributed by atoms with Gasteiger partial charge < -0.3 is 4.90 Å². The largest absolute Gasteiger partial charge is 0.307 e. The number of nitrogens with zero attached hydrogens (tertiary/aromatic N) is 3. The lowest BCUT2D eigenvalue weighted by atomic mass is 9.74. The third kappa shape index (κ3) is 6.53. The second kappa shape index (κ2) is 12.4. The van der Waals surface area contributed by atoms with Crippen molar-refractivity contribution in [1.29, 1.82) is 0 Å². The summed E-state index contributed by atoms with van der Waals surface area (Å²) in [4.78, 5) is 24.6. The standard InChI is InChI=1S/C35H32Cl2FN3OS/c1-23-5-6-25(19-31(23)36)4-3-15-40-16-13-35(14-17-40)22-41(34(42)26-18-24(2)39-33(37)20-26)32-12-11-29(21-30(32)35)43-28-9-7-27(38)8-10-28/h3-12,18-21H,13-17,22H2,1-2H3/b4-3+. The van der Waals surface area contributed by atoms with Crippen molar-refractivity contribution in [2.75, 3.05) is 31.1 Å². The van der Waals surface area contributed by atoms with Crippen molar-refractivity contribution in [3.05, 3.63) is 123 Å². The molecule has 6 rings (SSSR count). The molecule has 0 aliphatic carbocycles. The van der Waals surface area contributed by atoms with Crippen molar-refractivity contribution in [3.63, 3.8) is 0 Å². The zero-order valence-corrected chi connectivity index (χ0v) is 26.4. The third-order valence-corrected chi connectivity index (χ3v) is 10.0. The number of carbonyl (C=O) groups is 1. The number of aromatic nitrogens is 1. The Bertz CT molecular complexity index is 1680. The average Bonchev–Trinajstić information content (AvgIpc) is 3.29. The van der Waals surface area contributed by atoms with Crippen LogP contribution in [0, 0.1) is 19.7 Å². The van der Waals surface area contributed by atoms with Crippen molar-refractivity contribution < 1.29 is 9.18 Å². The molecule has 1 spiro atoms. The van der Waals surface area contributed by atoms with Gasteiger partial charge in [-0.1, -0.05) is 59.2 Å². The van der Waals surface area contributed by atoms with E-state index in [9.17, 15) is 9.18 Å². The van der Waals surface area contributed by atoms with E-state index in [4.69, 9.17) is 23.2 Å². The van der Waals surface area contributed by atoms with E-state index in [0.29, 0.717) is 23.0 Å². The van der Waals surface area contributed by atoms with Crippen LogP contribution in [0.1, 0.15) is 45.6 Å². The average molecular weight is 633 g/mol. The van der Waals surface area contributed by atoms with Gasteiger partial charge in [-0.05, 0) is 117 Å². The predicted molar refractivity (Wildman–Crippen MR) is 175 cm³/mol. The fourth-order valence-corrected chi connectivity index (χ4v) is 7.38. The number of carbonyl (C=O) groups excluding carboxylic acids is 1. The first-order valence-electron chi connectivity index (χ1n) is 14.4. The third-order valence-electron chi connectivity index (χ3n) is 8.44. The molecule has 1 aromatic heterocycles. The van der Waals surface area contributed by atoms with Gasteiger partial charge in [-0.25, -0.2) is 9.37 Å². The van der Waals surface area contributed by atoms with Crippen LogP contribution in [-0.4, -0.2) is 42.0 Å². The fourth-order valence-electron chi connectivity index (χ4n) is 6.08. The van der Waals surface area contributed by atoms with Crippen LogP contribution in [0.4, 0.5) is 10.1 Å². The Labute approximate surface area is 266 Å². The lowest BCUT2D eigenvalue weighted by molar-refractivity contribution is 0.0977. The summed E-state index contributed by atoms with van der Waals surface area (Å²) >= 11 is 14.1. The number of likely N-dealkylation sites (tertiary alicyclic amines) is 1.